The molecule has 1 saturated carbocycles. The molecule has 1 rings (SSSR count). The highest BCUT2D eigenvalue weighted by atomic mass is 16.3. The van der Waals surface area contributed by atoms with E-state index in [-0.39, 0.29) is 36.6 Å². The fourth-order valence-corrected chi connectivity index (χ4v) is 6.19. The molecular formula is C37H67NO6. The smallest absolute Gasteiger partial charge is 0.220 e. The van der Waals surface area contributed by atoms with Crippen LogP contribution in [0.3, 0.4) is 0 Å². The van der Waals surface area contributed by atoms with Crippen LogP contribution in [-0.4, -0.2) is 63.1 Å². The summed E-state index contributed by atoms with van der Waals surface area (Å²) in [6.45, 7) is 4.05. The van der Waals surface area contributed by atoms with Crippen molar-refractivity contribution in [2.45, 2.75) is 179 Å². The van der Waals surface area contributed by atoms with E-state index in [0.717, 1.165) is 51.4 Å². The second-order valence-corrected chi connectivity index (χ2v) is 13.1. The molecule has 256 valence electrons. The van der Waals surface area contributed by atoms with Gasteiger partial charge in [0.15, 0.2) is 0 Å². The van der Waals surface area contributed by atoms with Crippen molar-refractivity contribution in [3.63, 3.8) is 0 Å². The second kappa shape index (κ2) is 26.7. The van der Waals surface area contributed by atoms with Gasteiger partial charge in [0.05, 0.1) is 31.0 Å². The average Bonchev–Trinajstić information content (AvgIpc) is 3.28. The molecule has 0 aromatic heterocycles. The van der Waals surface area contributed by atoms with E-state index in [1.165, 1.54) is 57.8 Å². The van der Waals surface area contributed by atoms with Gasteiger partial charge in [0.25, 0.3) is 0 Å². The fraction of sp³-hybridized carbons (Fsp3) is 0.838. The highest BCUT2D eigenvalue weighted by Gasteiger charge is 2.39. The summed E-state index contributed by atoms with van der Waals surface area (Å²) in [5.74, 6) is -0.529. The Hall–Kier alpha value is -1.54. The van der Waals surface area contributed by atoms with Gasteiger partial charge < -0.3 is 25.7 Å². The van der Waals surface area contributed by atoms with Crippen LogP contribution in [0.15, 0.2) is 24.3 Å². The lowest BCUT2D eigenvalue weighted by atomic mass is 9.88. The summed E-state index contributed by atoms with van der Waals surface area (Å²) in [6.07, 6.45) is 27.2. The van der Waals surface area contributed by atoms with Gasteiger partial charge in [0, 0.05) is 24.7 Å². The summed E-state index contributed by atoms with van der Waals surface area (Å²) in [4.78, 5) is 24.9. The number of carbonyl (C=O) groups is 2. The van der Waals surface area contributed by atoms with Crippen molar-refractivity contribution >= 4 is 11.7 Å². The lowest BCUT2D eigenvalue weighted by Crippen LogP contribution is -2.45. The number of Topliss-reactive ketones (excluding diaryl/α,β-unsaturated/α-hetero) is 1. The molecule has 7 nitrogen and oxygen atoms in total. The minimum atomic E-state index is -0.911. The van der Waals surface area contributed by atoms with E-state index in [1.54, 1.807) is 12.2 Å². The lowest BCUT2D eigenvalue weighted by molar-refractivity contribution is -0.123. The Kier molecular flexibility index (Phi) is 24.5. The maximum absolute atomic E-state index is 12.5. The van der Waals surface area contributed by atoms with Crippen molar-refractivity contribution in [3.05, 3.63) is 24.3 Å². The minimum absolute atomic E-state index is 0.0955. The summed E-state index contributed by atoms with van der Waals surface area (Å²) in [7, 11) is 0. The van der Waals surface area contributed by atoms with Crippen LogP contribution in [0.5, 0.6) is 0 Å². The van der Waals surface area contributed by atoms with Crippen molar-refractivity contribution in [2.24, 2.45) is 11.8 Å². The molecule has 7 heteroatoms. The normalized spacial score (nSPS) is 21.0. The predicted molar refractivity (Wildman–Crippen MR) is 180 cm³/mol. The molecule has 0 bridgehead atoms. The number of nitrogens with one attached hydrogen (secondary N) is 1. The molecule has 0 aromatic carbocycles. The lowest BCUT2D eigenvalue weighted by Gasteiger charge is -2.20. The topological polar surface area (TPSA) is 127 Å². The van der Waals surface area contributed by atoms with E-state index < -0.39 is 24.4 Å². The Morgan fingerprint density at radius 1 is 0.841 bits per heavy atom. The van der Waals surface area contributed by atoms with Gasteiger partial charge in [0.1, 0.15) is 5.78 Å². The van der Waals surface area contributed by atoms with Crippen molar-refractivity contribution in [3.8, 4) is 0 Å². The first kappa shape index (κ1) is 40.5. The van der Waals surface area contributed by atoms with Crippen LogP contribution < -0.4 is 5.32 Å². The van der Waals surface area contributed by atoms with Gasteiger partial charge >= 0.3 is 0 Å². The van der Waals surface area contributed by atoms with E-state index in [4.69, 9.17) is 0 Å². The standard InChI is InChI=1S/C37H67NO6/c1-3-5-7-8-9-10-11-12-13-14-15-20-24-34(41)33(29-39)38-37(44)25-21-17-16-19-23-31-32(36(43)28-35(31)42)27-26-30(40)22-18-6-4-2/h20,24,26-27,30-34,36,39-41,43H,3-19,21-23,25,28-29H2,1-2H3,(H,38,44)/b24-20+,27-26+/t30-,31+,32+,33-,34+,36+/m0/s1. The number of ketones is 1. The minimum Gasteiger partial charge on any atom is -0.394 e. The Balaban J connectivity index is 2.20. The largest absolute Gasteiger partial charge is 0.394 e. The van der Waals surface area contributed by atoms with Crippen molar-refractivity contribution in [2.75, 3.05) is 6.61 Å². The molecule has 0 saturated heterocycles. The molecule has 5 N–H and O–H groups in total. The number of unbranched alkanes of at least 4 members (excludes halogenated alkanes) is 15. The third-order valence-corrected chi connectivity index (χ3v) is 9.07. The molecule has 1 aliphatic carbocycles. The van der Waals surface area contributed by atoms with Crippen LogP contribution in [0.4, 0.5) is 0 Å². The molecule has 1 fully saturated rings. The fourth-order valence-electron chi connectivity index (χ4n) is 6.19. The van der Waals surface area contributed by atoms with Crippen LogP contribution in [0.1, 0.15) is 155 Å². The molecule has 0 aliphatic heterocycles. The first-order chi connectivity index (χ1) is 21.3. The van der Waals surface area contributed by atoms with E-state index in [1.807, 2.05) is 12.2 Å². The molecule has 0 radical (unpaired) electrons. The number of rotatable bonds is 28. The Morgan fingerprint density at radius 3 is 2.09 bits per heavy atom. The zero-order valence-electron chi connectivity index (χ0n) is 28.1. The molecule has 6 atom stereocenters. The third-order valence-electron chi connectivity index (χ3n) is 9.07. The predicted octanol–water partition coefficient (Wildman–Crippen LogP) is 7.10. The highest BCUT2D eigenvalue weighted by molar-refractivity contribution is 5.84. The van der Waals surface area contributed by atoms with Gasteiger partial charge in [0.2, 0.25) is 5.91 Å². The number of amides is 1. The molecule has 0 heterocycles. The Bertz CT molecular complexity index is 784. The van der Waals surface area contributed by atoms with Gasteiger partial charge in [-0.15, -0.1) is 0 Å². The quantitative estimate of drug-likeness (QED) is 0.0469. The number of allylic oxidation sites excluding steroid dienone is 1. The molecule has 1 aliphatic rings. The SMILES string of the molecule is CCCCCCCCCCCC/C=C/[C@@H](O)[C@H](CO)NC(=O)CCCCCC[C@H]1C(=O)C[C@@H](O)[C@@H]1/C=C/[C@@H](O)CCCCC. The maximum atomic E-state index is 12.5. The summed E-state index contributed by atoms with van der Waals surface area (Å²) in [5, 5.41) is 43.4. The van der Waals surface area contributed by atoms with Gasteiger partial charge in [-0.3, -0.25) is 9.59 Å². The Labute approximate surface area is 269 Å². The molecule has 0 unspecified atom stereocenters. The van der Waals surface area contributed by atoms with Gasteiger partial charge in [-0.1, -0.05) is 134 Å². The number of aliphatic hydroxyl groups is 4. The number of hydrogen-bond acceptors (Lipinski definition) is 6. The van der Waals surface area contributed by atoms with Crippen molar-refractivity contribution < 1.29 is 30.0 Å². The van der Waals surface area contributed by atoms with Gasteiger partial charge in [-0.05, 0) is 32.1 Å². The van der Waals surface area contributed by atoms with Crippen LogP contribution in [-0.2, 0) is 9.59 Å². The zero-order chi connectivity index (χ0) is 32.4. The monoisotopic (exact) mass is 621 g/mol. The van der Waals surface area contributed by atoms with Gasteiger partial charge in [-0.2, -0.15) is 0 Å². The van der Waals surface area contributed by atoms with Gasteiger partial charge in [-0.25, -0.2) is 0 Å². The van der Waals surface area contributed by atoms with Crippen LogP contribution in [0.2, 0.25) is 0 Å². The molecule has 1 amide bonds. The van der Waals surface area contributed by atoms with E-state index in [0.29, 0.717) is 25.7 Å². The zero-order valence-corrected chi connectivity index (χ0v) is 28.1. The molecular weight excluding hydrogens is 554 g/mol. The van der Waals surface area contributed by atoms with Crippen LogP contribution in [0, 0.1) is 11.8 Å². The summed E-state index contributed by atoms with van der Waals surface area (Å²) >= 11 is 0. The van der Waals surface area contributed by atoms with E-state index in [9.17, 15) is 30.0 Å². The maximum Gasteiger partial charge on any atom is 0.220 e. The summed E-state index contributed by atoms with van der Waals surface area (Å²) in [6, 6.07) is -0.707. The third kappa shape index (κ3) is 19.1. The summed E-state index contributed by atoms with van der Waals surface area (Å²) < 4.78 is 0. The molecule has 0 aromatic rings. The average molecular weight is 622 g/mol. The van der Waals surface area contributed by atoms with Crippen molar-refractivity contribution in [1.29, 1.82) is 0 Å². The van der Waals surface area contributed by atoms with Crippen LogP contribution >= 0.6 is 0 Å². The first-order valence-electron chi connectivity index (χ1n) is 18.2. The number of carbonyl (C=O) groups excluding carboxylic acids is 2. The highest BCUT2D eigenvalue weighted by Crippen LogP contribution is 2.34. The van der Waals surface area contributed by atoms with E-state index in [2.05, 4.69) is 19.2 Å². The van der Waals surface area contributed by atoms with Crippen LogP contribution in [0.25, 0.3) is 0 Å². The molecule has 44 heavy (non-hydrogen) atoms. The first-order valence-corrected chi connectivity index (χ1v) is 18.2. The second-order valence-electron chi connectivity index (χ2n) is 13.1. The van der Waals surface area contributed by atoms with Crippen molar-refractivity contribution in [1.82, 2.24) is 5.32 Å². The Morgan fingerprint density at radius 2 is 1.43 bits per heavy atom. The summed E-state index contributed by atoms with van der Waals surface area (Å²) in [5.41, 5.74) is 0. The number of aliphatic hydroxyl groups excluding tert-OH is 4. The molecule has 0 spiro atoms. The number of hydrogen-bond donors (Lipinski definition) is 5. The van der Waals surface area contributed by atoms with E-state index >= 15 is 0 Å².